The first kappa shape index (κ1) is 20.4. The summed E-state index contributed by atoms with van der Waals surface area (Å²) >= 11 is 0. The Kier molecular flexibility index (Phi) is 5.53. The van der Waals surface area contributed by atoms with E-state index >= 15 is 0 Å². The van der Waals surface area contributed by atoms with Gasteiger partial charge in [-0.15, -0.1) is 0 Å². The molecule has 30 heavy (non-hydrogen) atoms. The van der Waals surface area contributed by atoms with E-state index in [0.717, 1.165) is 24.7 Å². The van der Waals surface area contributed by atoms with Gasteiger partial charge in [-0.3, -0.25) is 9.59 Å². The van der Waals surface area contributed by atoms with Gasteiger partial charge in [0.15, 0.2) is 0 Å². The van der Waals surface area contributed by atoms with Crippen molar-refractivity contribution in [2.24, 2.45) is 0 Å². The molecule has 4 rings (SSSR count). The summed E-state index contributed by atoms with van der Waals surface area (Å²) in [7, 11) is 0. The maximum absolute atomic E-state index is 13.0. The molecule has 0 spiro atoms. The third kappa shape index (κ3) is 4.34. The van der Waals surface area contributed by atoms with E-state index < -0.39 is 23.7 Å². The first-order valence-electron chi connectivity index (χ1n) is 10.1. The molecule has 0 unspecified atom stereocenters. The van der Waals surface area contributed by atoms with Crippen LogP contribution in [0.1, 0.15) is 59.0 Å². The SMILES string of the molecule is O=C(N[C@@H]1CCCCNC1=O)c1cn2c(n1)CC[C@H](c1cccc(C(F)(F)F)c1)C2. The molecule has 1 saturated heterocycles. The van der Waals surface area contributed by atoms with E-state index in [1.54, 1.807) is 12.3 Å². The zero-order valence-corrected chi connectivity index (χ0v) is 16.3. The lowest BCUT2D eigenvalue weighted by Crippen LogP contribution is -2.45. The molecule has 2 N–H and O–H groups in total. The molecule has 2 atom stereocenters. The third-order valence-corrected chi connectivity index (χ3v) is 5.75. The number of halogens is 3. The Morgan fingerprint density at radius 2 is 2.07 bits per heavy atom. The van der Waals surface area contributed by atoms with E-state index in [1.165, 1.54) is 12.1 Å². The normalized spacial score (nSPS) is 22.0. The van der Waals surface area contributed by atoms with Crippen molar-refractivity contribution >= 4 is 11.8 Å². The van der Waals surface area contributed by atoms with Crippen LogP contribution in [0.15, 0.2) is 30.5 Å². The number of carbonyl (C=O) groups is 2. The number of benzene rings is 1. The predicted octanol–water partition coefficient (Wildman–Crippen LogP) is 3.03. The Balaban J connectivity index is 1.47. The number of aryl methyl sites for hydroxylation is 1. The van der Waals surface area contributed by atoms with Crippen LogP contribution in [0, 0.1) is 0 Å². The highest BCUT2D eigenvalue weighted by Gasteiger charge is 2.32. The fourth-order valence-corrected chi connectivity index (χ4v) is 4.10. The summed E-state index contributed by atoms with van der Waals surface area (Å²) in [5.74, 6) is 0.0511. The average Bonchev–Trinajstić information content (AvgIpc) is 3.05. The number of carbonyl (C=O) groups excluding carboxylic acids is 2. The van der Waals surface area contributed by atoms with Crippen molar-refractivity contribution in [3.8, 4) is 0 Å². The molecule has 2 amide bonds. The minimum atomic E-state index is -4.37. The molecule has 0 radical (unpaired) electrons. The number of nitrogens with one attached hydrogen (secondary N) is 2. The molecule has 1 fully saturated rings. The number of nitrogens with zero attached hydrogens (tertiary/aromatic N) is 2. The summed E-state index contributed by atoms with van der Waals surface area (Å²) in [4.78, 5) is 29.0. The highest BCUT2D eigenvalue weighted by Crippen LogP contribution is 2.34. The molecule has 3 heterocycles. The first-order chi connectivity index (χ1) is 14.3. The minimum Gasteiger partial charge on any atom is -0.354 e. The second kappa shape index (κ2) is 8.12. The Morgan fingerprint density at radius 1 is 1.23 bits per heavy atom. The Hall–Kier alpha value is -2.84. The van der Waals surface area contributed by atoms with Crippen molar-refractivity contribution in [1.29, 1.82) is 0 Å². The Bertz CT molecular complexity index is 954. The summed E-state index contributed by atoms with van der Waals surface area (Å²) in [5.41, 5.74) is 0.204. The van der Waals surface area contributed by atoms with Crippen LogP contribution >= 0.6 is 0 Å². The highest BCUT2D eigenvalue weighted by molar-refractivity contribution is 5.96. The number of hydrogen-bond donors (Lipinski definition) is 2. The van der Waals surface area contributed by atoms with Gasteiger partial charge in [0.25, 0.3) is 5.91 Å². The van der Waals surface area contributed by atoms with Gasteiger partial charge in [0.1, 0.15) is 17.6 Å². The van der Waals surface area contributed by atoms with Crippen LogP contribution in [0.2, 0.25) is 0 Å². The molecule has 2 aliphatic rings. The van der Waals surface area contributed by atoms with Gasteiger partial charge in [-0.1, -0.05) is 18.2 Å². The highest BCUT2D eigenvalue weighted by atomic mass is 19.4. The molecule has 2 aliphatic heterocycles. The third-order valence-electron chi connectivity index (χ3n) is 5.75. The molecule has 0 saturated carbocycles. The molecule has 0 bridgehead atoms. The molecule has 9 heteroatoms. The van der Waals surface area contributed by atoms with Crippen LogP contribution in [0.4, 0.5) is 13.2 Å². The maximum atomic E-state index is 13.0. The van der Waals surface area contributed by atoms with Gasteiger partial charge in [-0.05, 0) is 37.3 Å². The molecule has 2 aromatic rings. The fourth-order valence-electron chi connectivity index (χ4n) is 4.10. The number of rotatable bonds is 3. The van der Waals surface area contributed by atoms with Crippen LogP contribution < -0.4 is 10.6 Å². The van der Waals surface area contributed by atoms with Gasteiger partial charge < -0.3 is 15.2 Å². The van der Waals surface area contributed by atoms with Crippen LogP contribution in [0.5, 0.6) is 0 Å². The monoisotopic (exact) mass is 420 g/mol. The molecular weight excluding hydrogens is 397 g/mol. The van der Waals surface area contributed by atoms with E-state index in [4.69, 9.17) is 0 Å². The summed E-state index contributed by atoms with van der Waals surface area (Å²) in [5, 5.41) is 5.53. The standard InChI is InChI=1S/C21H23F3N4O2/c22-21(23,24)15-5-3-4-13(10-15)14-7-8-18-26-17(12-28(18)11-14)20(30)27-16-6-1-2-9-25-19(16)29/h3-5,10,12,14,16H,1-2,6-9,11H2,(H,25,29)(H,27,30)/t14-,16+/m0/s1. The van der Waals surface area contributed by atoms with E-state index in [-0.39, 0.29) is 17.5 Å². The number of imidazole rings is 1. The maximum Gasteiger partial charge on any atom is 0.416 e. The number of alkyl halides is 3. The fraction of sp³-hybridized carbons (Fsp3) is 0.476. The molecule has 6 nitrogen and oxygen atoms in total. The van der Waals surface area contributed by atoms with Crippen molar-refractivity contribution in [3.63, 3.8) is 0 Å². The number of amides is 2. The van der Waals surface area contributed by atoms with E-state index in [0.29, 0.717) is 37.9 Å². The lowest BCUT2D eigenvalue weighted by molar-refractivity contribution is -0.137. The van der Waals surface area contributed by atoms with E-state index in [9.17, 15) is 22.8 Å². The predicted molar refractivity (Wildman–Crippen MR) is 103 cm³/mol. The van der Waals surface area contributed by atoms with Crippen LogP contribution in [-0.2, 0) is 23.9 Å². The largest absolute Gasteiger partial charge is 0.416 e. The smallest absolute Gasteiger partial charge is 0.354 e. The van der Waals surface area contributed by atoms with Crippen molar-refractivity contribution in [1.82, 2.24) is 20.2 Å². The Morgan fingerprint density at radius 3 is 2.87 bits per heavy atom. The molecule has 160 valence electrons. The van der Waals surface area contributed by atoms with Gasteiger partial charge >= 0.3 is 6.18 Å². The van der Waals surface area contributed by atoms with Gasteiger partial charge in [0.05, 0.1) is 5.56 Å². The van der Waals surface area contributed by atoms with E-state index in [2.05, 4.69) is 15.6 Å². The van der Waals surface area contributed by atoms with Crippen LogP contribution in [-0.4, -0.2) is 34.0 Å². The zero-order valence-electron chi connectivity index (χ0n) is 16.3. The van der Waals surface area contributed by atoms with Crippen molar-refractivity contribution < 1.29 is 22.8 Å². The molecular formula is C21H23F3N4O2. The van der Waals surface area contributed by atoms with Gasteiger partial charge in [0.2, 0.25) is 5.91 Å². The number of fused-ring (bicyclic) bond motifs is 1. The van der Waals surface area contributed by atoms with Gasteiger partial charge in [0, 0.05) is 31.6 Å². The summed E-state index contributed by atoms with van der Waals surface area (Å²) < 4.78 is 40.9. The van der Waals surface area contributed by atoms with Gasteiger partial charge in [-0.25, -0.2) is 4.98 Å². The van der Waals surface area contributed by atoms with Crippen LogP contribution in [0.25, 0.3) is 0 Å². The molecule has 1 aromatic carbocycles. The van der Waals surface area contributed by atoms with E-state index in [1.807, 2.05) is 4.57 Å². The summed E-state index contributed by atoms with van der Waals surface area (Å²) in [6.07, 6.45) is 0.792. The van der Waals surface area contributed by atoms with Crippen molar-refractivity contribution in [2.75, 3.05) is 6.54 Å². The lowest BCUT2D eigenvalue weighted by Gasteiger charge is -2.24. The van der Waals surface area contributed by atoms with Gasteiger partial charge in [-0.2, -0.15) is 13.2 Å². The second-order valence-corrected chi connectivity index (χ2v) is 7.87. The summed E-state index contributed by atoms with van der Waals surface area (Å²) in [6, 6.07) is 4.83. The topological polar surface area (TPSA) is 76.0 Å². The minimum absolute atomic E-state index is 0.0856. The quantitative estimate of drug-likeness (QED) is 0.802. The zero-order chi connectivity index (χ0) is 21.3. The van der Waals surface area contributed by atoms with Crippen molar-refractivity contribution in [3.05, 3.63) is 53.1 Å². The number of hydrogen-bond acceptors (Lipinski definition) is 3. The van der Waals surface area contributed by atoms with Crippen molar-refractivity contribution in [2.45, 2.75) is 56.8 Å². The lowest BCUT2D eigenvalue weighted by atomic mass is 9.90. The molecule has 0 aliphatic carbocycles. The number of aromatic nitrogens is 2. The summed E-state index contributed by atoms with van der Waals surface area (Å²) in [6.45, 7) is 1.07. The average molecular weight is 420 g/mol. The first-order valence-corrected chi connectivity index (χ1v) is 10.1. The second-order valence-electron chi connectivity index (χ2n) is 7.87. The Labute approximate surface area is 171 Å². The molecule has 1 aromatic heterocycles. The van der Waals surface area contributed by atoms with Crippen LogP contribution in [0.3, 0.4) is 0 Å².